The fourth-order valence-corrected chi connectivity index (χ4v) is 2.02. The molecule has 0 saturated heterocycles. The van der Waals surface area contributed by atoms with Gasteiger partial charge in [-0.2, -0.15) is 0 Å². The van der Waals surface area contributed by atoms with Crippen molar-refractivity contribution in [3.8, 4) is 5.75 Å². The van der Waals surface area contributed by atoms with E-state index in [1.54, 1.807) is 24.5 Å². The average molecular weight is 278 g/mol. The van der Waals surface area contributed by atoms with Crippen molar-refractivity contribution in [3.05, 3.63) is 84.4 Å². The molecule has 0 fully saturated rings. The van der Waals surface area contributed by atoms with Crippen LogP contribution in [0, 0.1) is 0 Å². The Kier molecular flexibility index (Phi) is 3.78. The first kappa shape index (κ1) is 13.1. The van der Waals surface area contributed by atoms with Gasteiger partial charge in [0.2, 0.25) is 0 Å². The number of rotatable bonds is 4. The molecule has 0 aliphatic heterocycles. The summed E-state index contributed by atoms with van der Waals surface area (Å²) in [5, 5.41) is 0. The zero-order chi connectivity index (χ0) is 14.5. The number of carbonyl (C=O) groups excluding carboxylic acids is 1. The summed E-state index contributed by atoms with van der Waals surface area (Å²) in [6, 6.07) is 17.1. The van der Waals surface area contributed by atoms with Gasteiger partial charge in [0.15, 0.2) is 0 Å². The van der Waals surface area contributed by atoms with Gasteiger partial charge in [0.1, 0.15) is 18.7 Å². The van der Waals surface area contributed by atoms with Crippen molar-refractivity contribution in [2.45, 2.75) is 6.61 Å². The molecule has 3 rings (SSSR count). The van der Waals surface area contributed by atoms with E-state index in [2.05, 4.69) is 4.98 Å². The molecule has 0 aliphatic carbocycles. The average Bonchev–Trinajstić information content (AvgIpc) is 3.08. The molecular weight excluding hydrogens is 264 g/mol. The minimum absolute atomic E-state index is 0.156. The third kappa shape index (κ3) is 3.00. The van der Waals surface area contributed by atoms with E-state index in [-0.39, 0.29) is 5.91 Å². The third-order valence-corrected chi connectivity index (χ3v) is 3.09. The molecule has 1 aromatic heterocycles. The standard InChI is InChI=1S/C17H14N2O2/c20-17(19-11-10-18-13-19)15-8-4-5-9-16(15)21-12-14-6-2-1-3-7-14/h1-11,13H,12H2. The SMILES string of the molecule is O=C(c1ccccc1OCc1ccccc1)n1ccnc1. The maximum Gasteiger partial charge on any atom is 0.266 e. The summed E-state index contributed by atoms with van der Waals surface area (Å²) in [5.74, 6) is 0.413. The van der Waals surface area contributed by atoms with E-state index >= 15 is 0 Å². The Morgan fingerprint density at radius 3 is 2.57 bits per heavy atom. The van der Waals surface area contributed by atoms with Crippen LogP contribution in [0.15, 0.2) is 73.3 Å². The van der Waals surface area contributed by atoms with Gasteiger partial charge in [-0.15, -0.1) is 0 Å². The van der Waals surface area contributed by atoms with E-state index in [9.17, 15) is 4.79 Å². The van der Waals surface area contributed by atoms with Crippen LogP contribution in [0.1, 0.15) is 15.9 Å². The minimum atomic E-state index is -0.156. The predicted octanol–water partition coefficient (Wildman–Crippen LogP) is 3.15. The molecule has 0 N–H and O–H groups in total. The van der Waals surface area contributed by atoms with Crippen molar-refractivity contribution in [3.63, 3.8) is 0 Å². The van der Waals surface area contributed by atoms with E-state index in [0.717, 1.165) is 5.56 Å². The van der Waals surface area contributed by atoms with Crippen LogP contribution in [0.5, 0.6) is 5.75 Å². The van der Waals surface area contributed by atoms with Crippen LogP contribution in [0.2, 0.25) is 0 Å². The Labute approximate surface area is 122 Å². The molecule has 4 nitrogen and oxygen atoms in total. The molecule has 0 spiro atoms. The molecule has 104 valence electrons. The number of benzene rings is 2. The summed E-state index contributed by atoms with van der Waals surface area (Å²) in [5.41, 5.74) is 1.58. The number of carbonyl (C=O) groups is 1. The first-order valence-corrected chi connectivity index (χ1v) is 6.63. The lowest BCUT2D eigenvalue weighted by atomic mass is 10.2. The van der Waals surface area contributed by atoms with Crippen molar-refractivity contribution >= 4 is 5.91 Å². The number of ether oxygens (including phenoxy) is 1. The molecule has 0 bridgehead atoms. The van der Waals surface area contributed by atoms with Gasteiger partial charge in [0.05, 0.1) is 5.56 Å². The Hall–Kier alpha value is -2.88. The van der Waals surface area contributed by atoms with Crippen LogP contribution >= 0.6 is 0 Å². The Morgan fingerprint density at radius 2 is 1.81 bits per heavy atom. The van der Waals surface area contributed by atoms with E-state index in [0.29, 0.717) is 17.9 Å². The van der Waals surface area contributed by atoms with Crippen molar-refractivity contribution in [1.29, 1.82) is 0 Å². The van der Waals surface area contributed by atoms with Crippen LogP contribution in [0.4, 0.5) is 0 Å². The number of para-hydroxylation sites is 1. The largest absolute Gasteiger partial charge is 0.488 e. The van der Waals surface area contributed by atoms with Crippen molar-refractivity contribution in [2.24, 2.45) is 0 Å². The third-order valence-electron chi connectivity index (χ3n) is 3.09. The molecule has 2 aromatic carbocycles. The normalized spacial score (nSPS) is 10.3. The second-order valence-corrected chi connectivity index (χ2v) is 4.55. The van der Waals surface area contributed by atoms with Gasteiger partial charge in [-0.05, 0) is 17.7 Å². The monoisotopic (exact) mass is 278 g/mol. The van der Waals surface area contributed by atoms with Gasteiger partial charge in [0.25, 0.3) is 5.91 Å². The van der Waals surface area contributed by atoms with E-state index < -0.39 is 0 Å². The molecule has 0 aliphatic rings. The van der Waals surface area contributed by atoms with E-state index in [1.807, 2.05) is 42.5 Å². The molecular formula is C17H14N2O2. The summed E-state index contributed by atoms with van der Waals surface area (Å²) in [6.45, 7) is 0.426. The number of hydrogen-bond donors (Lipinski definition) is 0. The quantitative estimate of drug-likeness (QED) is 0.736. The van der Waals surface area contributed by atoms with Gasteiger partial charge in [-0.25, -0.2) is 4.98 Å². The van der Waals surface area contributed by atoms with Crippen LogP contribution in [0.25, 0.3) is 0 Å². The second-order valence-electron chi connectivity index (χ2n) is 4.55. The second kappa shape index (κ2) is 6.05. The molecule has 0 radical (unpaired) electrons. The zero-order valence-electron chi connectivity index (χ0n) is 11.3. The highest BCUT2D eigenvalue weighted by molar-refractivity contribution is 5.98. The molecule has 0 amide bonds. The number of aromatic nitrogens is 2. The summed E-state index contributed by atoms with van der Waals surface area (Å²) in [7, 11) is 0. The first-order chi connectivity index (χ1) is 10.3. The number of hydrogen-bond acceptors (Lipinski definition) is 3. The summed E-state index contributed by atoms with van der Waals surface area (Å²) in [4.78, 5) is 16.3. The molecule has 0 atom stereocenters. The number of nitrogens with zero attached hydrogens (tertiary/aromatic N) is 2. The van der Waals surface area contributed by atoms with Crippen LogP contribution in [0.3, 0.4) is 0 Å². The van der Waals surface area contributed by atoms with Crippen molar-refractivity contribution < 1.29 is 9.53 Å². The molecule has 1 heterocycles. The maximum absolute atomic E-state index is 12.4. The Balaban J connectivity index is 1.81. The predicted molar refractivity (Wildman–Crippen MR) is 79.2 cm³/mol. The Morgan fingerprint density at radius 1 is 1.05 bits per heavy atom. The zero-order valence-corrected chi connectivity index (χ0v) is 11.3. The van der Waals surface area contributed by atoms with Gasteiger partial charge < -0.3 is 4.74 Å². The van der Waals surface area contributed by atoms with Gasteiger partial charge >= 0.3 is 0 Å². The number of imidazole rings is 1. The van der Waals surface area contributed by atoms with Crippen molar-refractivity contribution in [1.82, 2.24) is 9.55 Å². The van der Waals surface area contributed by atoms with E-state index in [4.69, 9.17) is 4.74 Å². The highest BCUT2D eigenvalue weighted by Gasteiger charge is 2.13. The molecule has 3 aromatic rings. The maximum atomic E-state index is 12.4. The lowest BCUT2D eigenvalue weighted by molar-refractivity contribution is 0.0955. The van der Waals surface area contributed by atoms with Crippen LogP contribution < -0.4 is 4.74 Å². The molecule has 0 saturated carbocycles. The minimum Gasteiger partial charge on any atom is -0.488 e. The first-order valence-electron chi connectivity index (χ1n) is 6.63. The van der Waals surface area contributed by atoms with Crippen molar-refractivity contribution in [2.75, 3.05) is 0 Å². The highest BCUT2D eigenvalue weighted by atomic mass is 16.5. The molecule has 21 heavy (non-hydrogen) atoms. The molecule has 0 unspecified atom stereocenters. The van der Waals surface area contributed by atoms with Gasteiger partial charge in [0, 0.05) is 12.4 Å². The molecule has 4 heteroatoms. The fourth-order valence-electron chi connectivity index (χ4n) is 2.02. The summed E-state index contributed by atoms with van der Waals surface area (Å²) >= 11 is 0. The summed E-state index contributed by atoms with van der Waals surface area (Å²) < 4.78 is 7.22. The summed E-state index contributed by atoms with van der Waals surface area (Å²) in [6.07, 6.45) is 4.68. The highest BCUT2D eigenvalue weighted by Crippen LogP contribution is 2.20. The fraction of sp³-hybridized carbons (Fsp3) is 0.0588. The van der Waals surface area contributed by atoms with E-state index in [1.165, 1.54) is 10.9 Å². The lowest BCUT2D eigenvalue weighted by Crippen LogP contribution is -2.11. The topological polar surface area (TPSA) is 44.1 Å². The van der Waals surface area contributed by atoms with Crippen LogP contribution in [-0.2, 0) is 6.61 Å². The van der Waals surface area contributed by atoms with Gasteiger partial charge in [-0.3, -0.25) is 9.36 Å². The smallest absolute Gasteiger partial charge is 0.266 e. The Bertz CT molecular complexity index is 722. The van der Waals surface area contributed by atoms with Gasteiger partial charge in [-0.1, -0.05) is 42.5 Å². The lowest BCUT2D eigenvalue weighted by Gasteiger charge is -2.11. The van der Waals surface area contributed by atoms with Crippen LogP contribution in [-0.4, -0.2) is 15.5 Å².